The van der Waals surface area contributed by atoms with E-state index in [4.69, 9.17) is 0 Å². The van der Waals surface area contributed by atoms with Crippen LogP contribution in [-0.2, 0) is 23.9 Å². The molecule has 0 saturated heterocycles. The fourth-order valence-electron chi connectivity index (χ4n) is 1.73. The number of rotatable bonds is 10. The van der Waals surface area contributed by atoms with E-state index in [0.29, 0.717) is 16.6 Å². The van der Waals surface area contributed by atoms with Crippen molar-refractivity contribution >= 4 is 63.1 Å². The van der Waals surface area contributed by atoms with Crippen molar-refractivity contribution in [3.8, 4) is 0 Å². The van der Waals surface area contributed by atoms with Crippen LogP contribution in [-0.4, -0.2) is 56.7 Å². The topological polar surface area (TPSA) is 136 Å². The molecule has 1 heterocycles. The third-order valence-corrected chi connectivity index (χ3v) is 6.39. The third-order valence-electron chi connectivity index (χ3n) is 3.44. The first-order chi connectivity index (χ1) is 13.9. The maximum atomic E-state index is 12.5. The lowest BCUT2D eigenvalue weighted by Gasteiger charge is -2.24. The smallest absolute Gasteiger partial charge is 0.370 e. The lowest BCUT2D eigenvalue weighted by Crippen LogP contribution is -2.49. The van der Waals surface area contributed by atoms with Gasteiger partial charge in [0.05, 0.1) is 15.5 Å². The van der Waals surface area contributed by atoms with Gasteiger partial charge in [-0.25, -0.2) is 9.59 Å². The highest BCUT2D eigenvalue weighted by molar-refractivity contribution is 8.16. The van der Waals surface area contributed by atoms with Crippen molar-refractivity contribution in [2.45, 2.75) is 38.5 Å². The Kier molecular flexibility index (Phi) is 10.4. The van der Waals surface area contributed by atoms with Gasteiger partial charge in [-0.3, -0.25) is 14.4 Å². The number of ether oxygens (including phenoxy) is 2. The summed E-state index contributed by atoms with van der Waals surface area (Å²) in [6.45, 7) is 5.66. The van der Waals surface area contributed by atoms with Gasteiger partial charge in [-0.1, -0.05) is 31.7 Å². The van der Waals surface area contributed by atoms with Crippen LogP contribution in [0.3, 0.4) is 0 Å². The number of hydrogen-bond donors (Lipinski definition) is 2. The highest BCUT2D eigenvalue weighted by atomic mass is 32.2. The van der Waals surface area contributed by atoms with Crippen LogP contribution in [0, 0.1) is 5.92 Å². The van der Waals surface area contributed by atoms with Crippen LogP contribution in [0.5, 0.6) is 0 Å². The summed E-state index contributed by atoms with van der Waals surface area (Å²) in [5, 5.41) is 12.2. The zero-order valence-corrected chi connectivity index (χ0v) is 19.3. The summed E-state index contributed by atoms with van der Waals surface area (Å²) in [7, 11) is 0. The molecular weight excluding hydrogens is 454 g/mol. The Balaban J connectivity index is 2.54. The summed E-state index contributed by atoms with van der Waals surface area (Å²) in [5.74, 6) is -3.24. The fraction of sp³-hybridized carbons (Fsp3) is 0.500. The van der Waals surface area contributed by atoms with Gasteiger partial charge >= 0.3 is 17.2 Å². The van der Waals surface area contributed by atoms with Gasteiger partial charge in [-0.15, -0.1) is 11.3 Å². The second kappa shape index (κ2) is 12.0. The van der Waals surface area contributed by atoms with E-state index in [0.717, 1.165) is 11.8 Å². The number of nitrogens with one attached hydrogen (secondary N) is 1. The minimum Gasteiger partial charge on any atom is -0.480 e. The molecule has 1 amide bonds. The molecule has 0 unspecified atom stereocenters. The summed E-state index contributed by atoms with van der Waals surface area (Å²) in [6, 6.07) is 1.96. The van der Waals surface area contributed by atoms with Crippen molar-refractivity contribution < 1.29 is 38.6 Å². The van der Waals surface area contributed by atoms with Gasteiger partial charge in [0, 0.05) is 5.75 Å². The Morgan fingerprint density at radius 3 is 2.40 bits per heavy atom. The fourth-order valence-corrected chi connectivity index (χ4v) is 4.00. The highest BCUT2D eigenvalue weighted by Gasteiger charge is 2.35. The monoisotopic (exact) mass is 477 g/mol. The maximum Gasteiger partial charge on any atom is 0.370 e. The number of carbonyl (C=O) groups is 5. The molecule has 0 aliphatic carbocycles. The van der Waals surface area contributed by atoms with Gasteiger partial charge in [0.25, 0.3) is 0 Å². The Hall–Kier alpha value is -2.05. The zero-order valence-electron chi connectivity index (χ0n) is 16.8. The predicted molar refractivity (Wildman–Crippen MR) is 115 cm³/mol. The number of amides is 1. The van der Waals surface area contributed by atoms with E-state index in [-0.39, 0.29) is 16.8 Å². The van der Waals surface area contributed by atoms with Crippen LogP contribution in [0.25, 0.3) is 0 Å². The molecule has 2 N–H and O–H groups in total. The molecule has 1 rings (SSSR count). The molecule has 0 aromatic carbocycles. The number of carbonyl (C=O) groups excluding carboxylic acids is 4. The number of aliphatic carboxylic acids is 1. The second-order valence-corrected chi connectivity index (χ2v) is 10.2. The Morgan fingerprint density at radius 1 is 1.20 bits per heavy atom. The van der Waals surface area contributed by atoms with Crippen molar-refractivity contribution in [1.82, 2.24) is 5.32 Å². The summed E-state index contributed by atoms with van der Waals surface area (Å²) < 4.78 is 8.15. The second-order valence-electron chi connectivity index (χ2n) is 6.68. The van der Waals surface area contributed by atoms with Gasteiger partial charge in [0.15, 0.2) is 0 Å². The average molecular weight is 478 g/mol. The number of esters is 1. The first-order valence-electron chi connectivity index (χ1n) is 8.71. The Labute approximate surface area is 186 Å². The van der Waals surface area contributed by atoms with Crippen molar-refractivity contribution in [2.24, 2.45) is 5.92 Å². The molecule has 166 valence electrons. The van der Waals surface area contributed by atoms with E-state index in [1.165, 1.54) is 25.2 Å². The summed E-state index contributed by atoms with van der Waals surface area (Å²) in [4.78, 5) is 59.6. The molecule has 0 bridgehead atoms. The molecule has 1 aromatic heterocycles. The van der Waals surface area contributed by atoms with Crippen molar-refractivity contribution in [2.75, 3.05) is 12.5 Å². The van der Waals surface area contributed by atoms with Crippen LogP contribution in [0.1, 0.15) is 37.4 Å². The van der Waals surface area contributed by atoms with Gasteiger partial charge < -0.3 is 19.9 Å². The average Bonchev–Trinajstić information content (AvgIpc) is 3.18. The minimum atomic E-state index is -1.38. The molecule has 0 fully saturated rings. The minimum absolute atomic E-state index is 0.300. The summed E-state index contributed by atoms with van der Waals surface area (Å²) in [6.07, 6.45) is 0. The molecule has 0 spiro atoms. The van der Waals surface area contributed by atoms with Crippen molar-refractivity contribution in [3.63, 3.8) is 0 Å². The van der Waals surface area contributed by atoms with Crippen LogP contribution >= 0.6 is 34.9 Å². The highest BCUT2D eigenvalue weighted by Crippen LogP contribution is 2.30. The lowest BCUT2D eigenvalue weighted by atomic mass is 10.2. The van der Waals surface area contributed by atoms with Crippen LogP contribution in [0.2, 0.25) is 0 Å². The van der Waals surface area contributed by atoms with E-state index < -0.39 is 40.7 Å². The summed E-state index contributed by atoms with van der Waals surface area (Å²) in [5.41, 5.74) is 0. The zero-order chi connectivity index (χ0) is 22.9. The van der Waals surface area contributed by atoms with Gasteiger partial charge in [0.1, 0.15) is 6.04 Å². The Bertz CT molecular complexity index is 776. The molecule has 1 atom stereocenters. The number of thiophene rings is 1. The number of carboxylic acid groups (broad SMARTS) is 1. The van der Waals surface area contributed by atoms with Gasteiger partial charge in [-0.05, 0) is 37.1 Å². The predicted octanol–water partition coefficient (Wildman–Crippen LogP) is 3.00. The van der Waals surface area contributed by atoms with Gasteiger partial charge in [-0.2, -0.15) is 0 Å². The molecule has 9 nitrogen and oxygen atoms in total. The van der Waals surface area contributed by atoms with Crippen LogP contribution in [0.4, 0.5) is 4.79 Å². The molecule has 12 heteroatoms. The van der Waals surface area contributed by atoms with Gasteiger partial charge in [0.2, 0.25) is 17.8 Å². The SMILES string of the molecule is CC(C)C(=O)OCOC(=O)SC[C@H](NC(=O)C(C)(C)SC(=O)c1cccs1)C(=O)O. The largest absolute Gasteiger partial charge is 0.480 e. The molecule has 30 heavy (non-hydrogen) atoms. The first kappa shape index (κ1) is 26.0. The van der Waals surface area contributed by atoms with E-state index >= 15 is 0 Å². The third kappa shape index (κ3) is 8.76. The van der Waals surface area contributed by atoms with E-state index in [9.17, 15) is 29.1 Å². The number of thioether (sulfide) groups is 2. The van der Waals surface area contributed by atoms with Crippen molar-refractivity contribution in [1.29, 1.82) is 0 Å². The molecule has 0 radical (unpaired) electrons. The van der Waals surface area contributed by atoms with E-state index in [1.54, 1.807) is 31.4 Å². The number of carboxylic acids is 1. The summed E-state index contributed by atoms with van der Waals surface area (Å²) >= 11 is 2.54. The lowest BCUT2D eigenvalue weighted by molar-refractivity contribution is -0.155. The Morgan fingerprint density at radius 2 is 1.87 bits per heavy atom. The molecule has 0 saturated carbocycles. The molecule has 1 aromatic rings. The van der Waals surface area contributed by atoms with Crippen molar-refractivity contribution in [3.05, 3.63) is 22.4 Å². The quantitative estimate of drug-likeness (QED) is 0.382. The molecule has 0 aliphatic heterocycles. The van der Waals surface area contributed by atoms with Crippen LogP contribution < -0.4 is 5.32 Å². The number of hydrogen-bond acceptors (Lipinski definition) is 10. The standard InChI is InChI=1S/C18H23NO8S3/c1-10(2)14(22)26-9-27-17(25)29-8-11(13(20)21)19-16(24)18(3,4)30-15(23)12-6-5-7-28-12/h5-7,10-11H,8-9H2,1-4H3,(H,19,24)(H,20,21)/t11-/m0/s1. The molecule has 0 aliphatic rings. The normalized spacial score (nSPS) is 12.2. The van der Waals surface area contributed by atoms with E-state index in [1.807, 2.05) is 0 Å². The maximum absolute atomic E-state index is 12.5. The van der Waals surface area contributed by atoms with Crippen LogP contribution in [0.15, 0.2) is 17.5 Å². The van der Waals surface area contributed by atoms with E-state index in [2.05, 4.69) is 14.8 Å². The molecular formula is C18H23NO8S3. The first-order valence-corrected chi connectivity index (χ1v) is 11.4.